The summed E-state index contributed by atoms with van der Waals surface area (Å²) >= 11 is 0. The summed E-state index contributed by atoms with van der Waals surface area (Å²) in [7, 11) is 1.95. The van der Waals surface area contributed by atoms with Crippen LogP contribution < -0.4 is 9.80 Å². The van der Waals surface area contributed by atoms with Gasteiger partial charge in [-0.05, 0) is 32.8 Å². The van der Waals surface area contributed by atoms with E-state index in [1.165, 1.54) is 0 Å². The van der Waals surface area contributed by atoms with Crippen molar-refractivity contribution in [2.24, 2.45) is 0 Å². The van der Waals surface area contributed by atoms with Crippen LogP contribution in [0.1, 0.15) is 29.9 Å². The summed E-state index contributed by atoms with van der Waals surface area (Å²) in [6.07, 6.45) is 3.33. The maximum atomic E-state index is 9.84. The second-order valence-electron chi connectivity index (χ2n) is 6.12. The number of β-amino-alcohol motifs (C(OH)–C–C–N with tert-alkyl or cyclic N) is 1. The lowest BCUT2D eigenvalue weighted by atomic mass is 10.1. The fourth-order valence-electron chi connectivity index (χ4n) is 2.90. The van der Waals surface area contributed by atoms with Crippen LogP contribution in [-0.2, 0) is 6.54 Å². The number of aromatic nitrogens is 3. The first kappa shape index (κ1) is 15.7. The largest absolute Gasteiger partial charge is 0.391 e. The van der Waals surface area contributed by atoms with Gasteiger partial charge in [-0.25, -0.2) is 4.98 Å². The third kappa shape index (κ3) is 3.44. The average molecular weight is 317 g/mol. The molecule has 1 aliphatic heterocycles. The van der Waals surface area contributed by atoms with Crippen LogP contribution in [0, 0.1) is 13.8 Å². The summed E-state index contributed by atoms with van der Waals surface area (Å²) in [6, 6.07) is 1.89. The van der Waals surface area contributed by atoms with Crippen molar-refractivity contribution < 1.29 is 9.63 Å². The van der Waals surface area contributed by atoms with Crippen molar-refractivity contribution in [3.63, 3.8) is 0 Å². The van der Waals surface area contributed by atoms with Gasteiger partial charge < -0.3 is 19.4 Å². The van der Waals surface area contributed by atoms with E-state index in [0.717, 1.165) is 42.2 Å². The van der Waals surface area contributed by atoms with Crippen LogP contribution >= 0.6 is 0 Å². The van der Waals surface area contributed by atoms with Gasteiger partial charge in [0.1, 0.15) is 11.6 Å². The van der Waals surface area contributed by atoms with Gasteiger partial charge in [0.05, 0.1) is 18.3 Å². The zero-order valence-corrected chi connectivity index (χ0v) is 13.9. The molecule has 124 valence electrons. The smallest absolute Gasteiger partial charge is 0.227 e. The minimum Gasteiger partial charge on any atom is -0.391 e. The second kappa shape index (κ2) is 6.54. The van der Waals surface area contributed by atoms with Gasteiger partial charge in [-0.2, -0.15) is 4.98 Å². The first-order chi connectivity index (χ1) is 11.0. The maximum absolute atomic E-state index is 9.84. The van der Waals surface area contributed by atoms with Crippen LogP contribution in [-0.4, -0.2) is 46.5 Å². The fraction of sp³-hybridized carbons (Fsp3) is 0.562. The molecule has 3 rings (SSSR count). The summed E-state index contributed by atoms with van der Waals surface area (Å²) < 4.78 is 5.21. The first-order valence-electron chi connectivity index (χ1n) is 7.93. The van der Waals surface area contributed by atoms with Gasteiger partial charge in [-0.15, -0.1) is 0 Å². The molecule has 1 atom stereocenters. The molecule has 0 spiro atoms. The number of aryl methyl sites for hydroxylation is 2. The topological polar surface area (TPSA) is 78.5 Å². The Morgan fingerprint density at radius 2 is 2.26 bits per heavy atom. The lowest BCUT2D eigenvalue weighted by Crippen LogP contribution is -2.38. The Bertz CT molecular complexity index is 653. The Balaban J connectivity index is 1.76. The Morgan fingerprint density at radius 1 is 1.43 bits per heavy atom. The highest BCUT2D eigenvalue weighted by Crippen LogP contribution is 2.21. The van der Waals surface area contributed by atoms with Crippen LogP contribution in [0.4, 0.5) is 11.8 Å². The SMILES string of the molecule is Cc1noc(C)c1CN(C)c1nccc(N2CCCC(O)C2)n1. The molecular weight excluding hydrogens is 294 g/mol. The quantitative estimate of drug-likeness (QED) is 0.919. The van der Waals surface area contributed by atoms with Crippen molar-refractivity contribution in [2.45, 2.75) is 39.3 Å². The number of aliphatic hydroxyl groups excluding tert-OH is 1. The van der Waals surface area contributed by atoms with E-state index in [2.05, 4.69) is 20.0 Å². The minimum atomic E-state index is -0.276. The number of hydrogen-bond donors (Lipinski definition) is 1. The second-order valence-corrected chi connectivity index (χ2v) is 6.12. The van der Waals surface area contributed by atoms with E-state index in [1.807, 2.05) is 31.9 Å². The van der Waals surface area contributed by atoms with Crippen LogP contribution in [0.2, 0.25) is 0 Å². The Labute approximate surface area is 135 Å². The molecule has 0 amide bonds. The maximum Gasteiger partial charge on any atom is 0.227 e. The van der Waals surface area contributed by atoms with Crippen molar-refractivity contribution >= 4 is 11.8 Å². The van der Waals surface area contributed by atoms with Gasteiger partial charge in [0.15, 0.2) is 0 Å². The molecular formula is C16H23N5O2. The third-order valence-electron chi connectivity index (χ3n) is 4.27. The number of anilines is 2. The van der Waals surface area contributed by atoms with E-state index in [9.17, 15) is 5.11 Å². The van der Waals surface area contributed by atoms with Crippen LogP contribution in [0.3, 0.4) is 0 Å². The molecule has 0 bridgehead atoms. The van der Waals surface area contributed by atoms with Gasteiger partial charge in [0, 0.05) is 31.9 Å². The molecule has 2 aromatic rings. The molecule has 0 aromatic carbocycles. The van der Waals surface area contributed by atoms with Crippen molar-refractivity contribution in [2.75, 3.05) is 29.9 Å². The third-order valence-corrected chi connectivity index (χ3v) is 4.27. The van der Waals surface area contributed by atoms with Gasteiger partial charge >= 0.3 is 0 Å². The summed E-state index contributed by atoms with van der Waals surface area (Å²) in [4.78, 5) is 13.1. The fourth-order valence-corrected chi connectivity index (χ4v) is 2.90. The molecule has 1 unspecified atom stereocenters. The molecule has 1 fully saturated rings. The molecule has 23 heavy (non-hydrogen) atoms. The lowest BCUT2D eigenvalue weighted by molar-refractivity contribution is 0.154. The highest BCUT2D eigenvalue weighted by atomic mass is 16.5. The van der Waals surface area contributed by atoms with E-state index in [4.69, 9.17) is 4.52 Å². The number of rotatable bonds is 4. The first-order valence-corrected chi connectivity index (χ1v) is 7.93. The van der Waals surface area contributed by atoms with Gasteiger partial charge in [0.25, 0.3) is 0 Å². The van der Waals surface area contributed by atoms with Gasteiger partial charge in [0.2, 0.25) is 5.95 Å². The van der Waals surface area contributed by atoms with E-state index < -0.39 is 0 Å². The molecule has 0 aliphatic carbocycles. The molecule has 7 heteroatoms. The van der Waals surface area contributed by atoms with E-state index >= 15 is 0 Å². The van der Waals surface area contributed by atoms with Crippen LogP contribution in [0.15, 0.2) is 16.8 Å². The predicted octanol–water partition coefficient (Wildman–Crippen LogP) is 1.68. The zero-order chi connectivity index (χ0) is 16.4. The average Bonchev–Trinajstić information content (AvgIpc) is 2.87. The Kier molecular flexibility index (Phi) is 4.47. The van der Waals surface area contributed by atoms with E-state index in [1.54, 1.807) is 6.20 Å². The highest BCUT2D eigenvalue weighted by molar-refractivity contribution is 5.44. The number of nitrogens with zero attached hydrogens (tertiary/aromatic N) is 5. The van der Waals surface area contributed by atoms with Crippen molar-refractivity contribution in [3.05, 3.63) is 29.3 Å². The summed E-state index contributed by atoms with van der Waals surface area (Å²) in [6.45, 7) is 6.04. The predicted molar refractivity (Wildman–Crippen MR) is 87.6 cm³/mol. The monoisotopic (exact) mass is 317 g/mol. The van der Waals surface area contributed by atoms with Crippen LogP contribution in [0.25, 0.3) is 0 Å². The Morgan fingerprint density at radius 3 is 2.96 bits per heavy atom. The highest BCUT2D eigenvalue weighted by Gasteiger charge is 2.20. The number of piperidine rings is 1. The Hall–Kier alpha value is -2.15. The van der Waals surface area contributed by atoms with Gasteiger partial charge in [-0.1, -0.05) is 5.16 Å². The summed E-state index contributed by atoms with van der Waals surface area (Å²) in [5.74, 6) is 2.34. The molecule has 1 N–H and O–H groups in total. The van der Waals surface area contributed by atoms with E-state index in [-0.39, 0.29) is 6.10 Å². The standard InChI is InChI=1S/C16H23N5O2/c1-11-14(12(2)23-19-11)10-20(3)16-17-7-6-15(18-16)21-8-4-5-13(22)9-21/h6-7,13,22H,4-5,8-10H2,1-3H3. The molecule has 7 nitrogen and oxygen atoms in total. The molecule has 1 aliphatic rings. The zero-order valence-electron chi connectivity index (χ0n) is 13.9. The summed E-state index contributed by atoms with van der Waals surface area (Å²) in [5.41, 5.74) is 1.96. The van der Waals surface area contributed by atoms with E-state index in [0.29, 0.717) is 19.0 Å². The molecule has 3 heterocycles. The normalized spacial score (nSPS) is 18.3. The summed E-state index contributed by atoms with van der Waals surface area (Å²) in [5, 5.41) is 13.8. The van der Waals surface area contributed by atoms with Crippen LogP contribution in [0.5, 0.6) is 0 Å². The molecule has 0 radical (unpaired) electrons. The number of aliphatic hydroxyl groups is 1. The number of hydrogen-bond acceptors (Lipinski definition) is 7. The molecule has 2 aromatic heterocycles. The molecule has 0 saturated carbocycles. The molecule has 1 saturated heterocycles. The van der Waals surface area contributed by atoms with Crippen molar-refractivity contribution in [3.8, 4) is 0 Å². The lowest BCUT2D eigenvalue weighted by Gasteiger charge is -2.31. The van der Waals surface area contributed by atoms with Crippen molar-refractivity contribution in [1.82, 2.24) is 15.1 Å². The van der Waals surface area contributed by atoms with Gasteiger partial charge in [-0.3, -0.25) is 0 Å². The minimum absolute atomic E-state index is 0.276. The van der Waals surface area contributed by atoms with Crippen molar-refractivity contribution in [1.29, 1.82) is 0 Å².